The number of aliphatic carboxylic acids is 1. The lowest BCUT2D eigenvalue weighted by Gasteiger charge is -2.32. The van der Waals surface area contributed by atoms with Gasteiger partial charge in [0, 0.05) is 11.9 Å². The van der Waals surface area contributed by atoms with Crippen molar-refractivity contribution in [2.75, 3.05) is 11.4 Å². The zero-order valence-electron chi connectivity index (χ0n) is 18.5. The molecule has 184 valence electrons. The molecular formula is C24H27F4N3O3. The number of alkyl halides is 3. The summed E-state index contributed by atoms with van der Waals surface area (Å²) in [7, 11) is 0. The van der Waals surface area contributed by atoms with E-state index in [1.54, 1.807) is 17.0 Å². The van der Waals surface area contributed by atoms with Crippen molar-refractivity contribution in [3.8, 4) is 0 Å². The molecule has 1 aliphatic heterocycles. The number of carbonyl (C=O) groups excluding carboxylic acids is 1. The number of halogens is 4. The van der Waals surface area contributed by atoms with E-state index in [1.165, 1.54) is 49.8 Å². The number of hydrogen-bond donors (Lipinski definition) is 2. The quantitative estimate of drug-likeness (QED) is 0.600. The molecule has 6 nitrogen and oxygen atoms in total. The second kappa shape index (κ2) is 11.4. The third kappa shape index (κ3) is 6.99. The molecule has 10 heteroatoms. The highest BCUT2D eigenvalue weighted by atomic mass is 19.4. The fourth-order valence-corrected chi connectivity index (χ4v) is 3.97. The summed E-state index contributed by atoms with van der Waals surface area (Å²) < 4.78 is 45.0. The SMILES string of the molecule is O=C(O)C(F)(F)F.O=C([C@H]1CCN1)N(Cc1ccc(C2CCCCC2)cn1)c1ccc(F)cc1. The monoisotopic (exact) mass is 481 g/mol. The maximum absolute atomic E-state index is 13.3. The Bertz CT molecular complexity index is 955. The fourth-order valence-electron chi connectivity index (χ4n) is 3.97. The van der Waals surface area contributed by atoms with Crippen LogP contribution in [0.15, 0.2) is 42.6 Å². The highest BCUT2D eigenvalue weighted by Crippen LogP contribution is 2.32. The third-order valence-corrected chi connectivity index (χ3v) is 6.01. The van der Waals surface area contributed by atoms with Gasteiger partial charge in [-0.05, 0) is 67.6 Å². The molecule has 0 radical (unpaired) electrons. The predicted molar refractivity (Wildman–Crippen MR) is 118 cm³/mol. The molecule has 0 bridgehead atoms. The Morgan fingerprint density at radius 1 is 1.03 bits per heavy atom. The number of anilines is 1. The summed E-state index contributed by atoms with van der Waals surface area (Å²) in [4.78, 5) is 28.1. The first-order valence-electron chi connectivity index (χ1n) is 11.2. The van der Waals surface area contributed by atoms with Crippen molar-refractivity contribution in [1.29, 1.82) is 0 Å². The van der Waals surface area contributed by atoms with Crippen LogP contribution >= 0.6 is 0 Å². The maximum Gasteiger partial charge on any atom is 0.490 e. The van der Waals surface area contributed by atoms with Gasteiger partial charge in [-0.15, -0.1) is 0 Å². The van der Waals surface area contributed by atoms with Gasteiger partial charge in [-0.3, -0.25) is 9.78 Å². The minimum atomic E-state index is -5.08. The molecule has 1 saturated heterocycles. The first-order valence-corrected chi connectivity index (χ1v) is 11.2. The molecule has 2 aromatic rings. The van der Waals surface area contributed by atoms with Crippen molar-refractivity contribution < 1.29 is 32.3 Å². The van der Waals surface area contributed by atoms with E-state index in [2.05, 4.69) is 16.4 Å². The van der Waals surface area contributed by atoms with Crippen molar-refractivity contribution in [2.45, 2.75) is 63.2 Å². The zero-order chi connectivity index (χ0) is 24.7. The Kier molecular flexibility index (Phi) is 8.60. The normalized spacial score (nSPS) is 18.3. The summed E-state index contributed by atoms with van der Waals surface area (Å²) in [5.74, 6) is -2.42. The summed E-state index contributed by atoms with van der Waals surface area (Å²) >= 11 is 0. The molecule has 2 fully saturated rings. The van der Waals surface area contributed by atoms with E-state index in [0.29, 0.717) is 18.2 Å². The summed E-state index contributed by atoms with van der Waals surface area (Å²) in [6.45, 7) is 1.26. The van der Waals surface area contributed by atoms with E-state index in [-0.39, 0.29) is 17.8 Å². The number of hydrogen-bond acceptors (Lipinski definition) is 4. The van der Waals surface area contributed by atoms with Gasteiger partial charge in [-0.25, -0.2) is 9.18 Å². The zero-order valence-corrected chi connectivity index (χ0v) is 18.5. The van der Waals surface area contributed by atoms with Crippen molar-refractivity contribution in [2.24, 2.45) is 0 Å². The van der Waals surface area contributed by atoms with Crippen molar-refractivity contribution >= 4 is 17.6 Å². The molecule has 1 aromatic heterocycles. The topological polar surface area (TPSA) is 82.5 Å². The van der Waals surface area contributed by atoms with E-state index >= 15 is 0 Å². The van der Waals surface area contributed by atoms with E-state index in [4.69, 9.17) is 9.90 Å². The number of carbonyl (C=O) groups is 2. The molecule has 1 atom stereocenters. The van der Waals surface area contributed by atoms with Crippen LogP contribution in [0.1, 0.15) is 55.7 Å². The summed E-state index contributed by atoms with van der Waals surface area (Å²) in [5.41, 5.74) is 2.86. The number of carboxylic acid groups (broad SMARTS) is 1. The van der Waals surface area contributed by atoms with Crippen molar-refractivity contribution in [3.05, 3.63) is 59.7 Å². The summed E-state index contributed by atoms with van der Waals surface area (Å²) in [6.07, 6.45) is 4.15. The summed E-state index contributed by atoms with van der Waals surface area (Å²) in [6, 6.07) is 10.1. The van der Waals surface area contributed by atoms with E-state index in [9.17, 15) is 22.4 Å². The molecule has 0 unspecified atom stereocenters. The Labute approximate surface area is 195 Å². The first-order chi connectivity index (χ1) is 16.1. The van der Waals surface area contributed by atoms with Crippen LogP contribution in [0.25, 0.3) is 0 Å². The van der Waals surface area contributed by atoms with Gasteiger partial charge >= 0.3 is 12.1 Å². The number of carboxylic acids is 1. The van der Waals surface area contributed by atoms with Gasteiger partial charge in [0.15, 0.2) is 0 Å². The van der Waals surface area contributed by atoms with Crippen LogP contribution < -0.4 is 10.2 Å². The Balaban J connectivity index is 0.000000406. The molecule has 2 aliphatic rings. The Morgan fingerprint density at radius 3 is 2.12 bits per heavy atom. The molecule has 2 heterocycles. The number of nitrogens with zero attached hydrogens (tertiary/aromatic N) is 2. The predicted octanol–water partition coefficient (Wildman–Crippen LogP) is 4.80. The van der Waals surface area contributed by atoms with Gasteiger partial charge in [-0.2, -0.15) is 13.2 Å². The van der Waals surface area contributed by atoms with E-state index in [0.717, 1.165) is 18.7 Å². The minimum absolute atomic E-state index is 0.0195. The van der Waals surface area contributed by atoms with Gasteiger partial charge in [0.2, 0.25) is 5.91 Å². The van der Waals surface area contributed by atoms with Gasteiger partial charge in [0.25, 0.3) is 0 Å². The second-order valence-electron chi connectivity index (χ2n) is 8.42. The average Bonchev–Trinajstić information content (AvgIpc) is 2.78. The molecule has 1 saturated carbocycles. The molecule has 1 aliphatic carbocycles. The molecule has 34 heavy (non-hydrogen) atoms. The molecular weight excluding hydrogens is 454 g/mol. The van der Waals surface area contributed by atoms with Gasteiger partial charge in [-0.1, -0.05) is 25.3 Å². The molecule has 0 spiro atoms. The van der Waals surface area contributed by atoms with E-state index in [1.807, 2.05) is 12.3 Å². The number of rotatable bonds is 5. The van der Waals surface area contributed by atoms with Gasteiger partial charge < -0.3 is 15.3 Å². The van der Waals surface area contributed by atoms with Crippen LogP contribution in [0.3, 0.4) is 0 Å². The minimum Gasteiger partial charge on any atom is -0.475 e. The molecule has 2 N–H and O–H groups in total. The Hall–Kier alpha value is -3.01. The average molecular weight is 481 g/mol. The molecule has 4 rings (SSSR count). The number of aromatic nitrogens is 1. The number of nitrogens with one attached hydrogen (secondary N) is 1. The third-order valence-electron chi connectivity index (χ3n) is 6.01. The van der Waals surface area contributed by atoms with Crippen LogP contribution in [-0.4, -0.2) is 40.7 Å². The smallest absolute Gasteiger partial charge is 0.475 e. The fraction of sp³-hybridized carbons (Fsp3) is 0.458. The highest BCUT2D eigenvalue weighted by molar-refractivity contribution is 5.97. The van der Waals surface area contributed by atoms with Crippen LogP contribution in [0.5, 0.6) is 0 Å². The maximum atomic E-state index is 13.3. The van der Waals surface area contributed by atoms with E-state index < -0.39 is 12.1 Å². The lowest BCUT2D eigenvalue weighted by molar-refractivity contribution is -0.192. The summed E-state index contributed by atoms with van der Waals surface area (Å²) in [5, 5.41) is 10.3. The lowest BCUT2D eigenvalue weighted by Crippen LogP contribution is -2.54. The van der Waals surface area contributed by atoms with Crippen molar-refractivity contribution in [1.82, 2.24) is 10.3 Å². The van der Waals surface area contributed by atoms with Crippen LogP contribution in [0.4, 0.5) is 23.2 Å². The van der Waals surface area contributed by atoms with Crippen LogP contribution in [0, 0.1) is 5.82 Å². The Morgan fingerprint density at radius 2 is 1.65 bits per heavy atom. The molecule has 1 amide bonds. The lowest BCUT2D eigenvalue weighted by atomic mass is 9.85. The number of benzene rings is 1. The number of pyridine rings is 1. The number of amides is 1. The van der Waals surface area contributed by atoms with Crippen molar-refractivity contribution in [3.63, 3.8) is 0 Å². The van der Waals surface area contributed by atoms with Gasteiger partial charge in [0.1, 0.15) is 5.82 Å². The van der Waals surface area contributed by atoms with Gasteiger partial charge in [0.05, 0.1) is 18.3 Å². The largest absolute Gasteiger partial charge is 0.490 e. The molecule has 1 aromatic carbocycles. The second-order valence-corrected chi connectivity index (χ2v) is 8.42. The van der Waals surface area contributed by atoms with Crippen LogP contribution in [0.2, 0.25) is 0 Å². The van der Waals surface area contributed by atoms with Crippen LogP contribution in [-0.2, 0) is 16.1 Å². The highest BCUT2D eigenvalue weighted by Gasteiger charge is 2.38. The first kappa shape index (κ1) is 25.6. The standard InChI is InChI=1S/C22H26FN3O.C2HF3O2/c23-18-7-10-20(11-8-18)26(22(27)21-12-13-24-21)15-19-9-6-17(14-25-19)16-4-2-1-3-5-16;3-2(4,5)1(6)7/h6-11,14,16,21,24H,1-5,12-13,15H2;(H,6,7)/t21-;/m1./s1.